The summed E-state index contributed by atoms with van der Waals surface area (Å²) in [5.74, 6) is 1.76. The van der Waals surface area contributed by atoms with Crippen LogP contribution in [0.3, 0.4) is 0 Å². The van der Waals surface area contributed by atoms with Crippen molar-refractivity contribution in [3.05, 3.63) is 235 Å². The molecule has 0 unspecified atom stereocenters. The van der Waals surface area contributed by atoms with Crippen LogP contribution >= 0.6 is 11.8 Å². The Morgan fingerprint density at radius 2 is 0.983 bits per heavy atom. The van der Waals surface area contributed by atoms with E-state index < -0.39 is 5.41 Å². The fraction of sp³-hybridized carbons (Fsp3) is 0.0182. The van der Waals surface area contributed by atoms with E-state index >= 15 is 0 Å². The van der Waals surface area contributed by atoms with Crippen molar-refractivity contribution in [3.63, 3.8) is 0 Å². The summed E-state index contributed by atoms with van der Waals surface area (Å²) < 4.78 is 13.2. The molecule has 10 aromatic rings. The molecule has 3 heterocycles. The molecule has 59 heavy (non-hydrogen) atoms. The molecule has 0 amide bonds. The fourth-order valence-corrected chi connectivity index (χ4v) is 10.8. The topological polar surface area (TPSA) is 25.6 Å². The summed E-state index contributed by atoms with van der Waals surface area (Å²) >= 11 is 1.84. The first-order valence-electron chi connectivity index (χ1n) is 20.0. The maximum absolute atomic E-state index is 6.67. The molecule has 0 fully saturated rings. The van der Waals surface area contributed by atoms with Crippen LogP contribution in [-0.2, 0) is 5.41 Å². The molecule has 4 heteroatoms. The number of hydrogen-bond acceptors (Lipinski definition) is 4. The summed E-state index contributed by atoms with van der Waals surface area (Å²) in [4.78, 5) is 4.82. The van der Waals surface area contributed by atoms with E-state index in [1.54, 1.807) is 0 Å². The van der Waals surface area contributed by atoms with E-state index in [-0.39, 0.29) is 0 Å². The Bertz CT molecular complexity index is 3180. The minimum Gasteiger partial charge on any atom is -0.457 e. The Balaban J connectivity index is 1.10. The van der Waals surface area contributed by atoms with Gasteiger partial charge >= 0.3 is 0 Å². The smallest absolute Gasteiger partial charge is 0.137 e. The SMILES string of the molecule is c1ccc(-c2ccccc2-c2ccc(N(c3ccc4c(c3)oc3ccccc34)c3cccc4c3Sc3ccccc3C43c4ccccc4Oc4ccccc43)cc2)cc1. The molecule has 0 saturated carbocycles. The van der Waals surface area contributed by atoms with Gasteiger partial charge in [-0.05, 0) is 88.0 Å². The van der Waals surface area contributed by atoms with Gasteiger partial charge in [0.1, 0.15) is 22.7 Å². The highest BCUT2D eigenvalue weighted by molar-refractivity contribution is 7.99. The number of rotatable bonds is 5. The fourth-order valence-electron chi connectivity index (χ4n) is 9.47. The predicted octanol–water partition coefficient (Wildman–Crippen LogP) is 15.3. The number of nitrogens with zero attached hydrogens (tertiary/aromatic N) is 1. The van der Waals surface area contributed by atoms with E-state index in [2.05, 4.69) is 205 Å². The van der Waals surface area contributed by atoms with Gasteiger partial charge in [0, 0.05) is 49.1 Å². The summed E-state index contributed by atoms with van der Waals surface area (Å²) in [6.07, 6.45) is 0. The van der Waals surface area contributed by atoms with Crippen LogP contribution in [0.5, 0.6) is 11.5 Å². The molecular weight excluding hydrogens is 739 g/mol. The van der Waals surface area contributed by atoms with Crippen molar-refractivity contribution in [2.45, 2.75) is 15.2 Å². The molecular formula is C55H35NO2S. The Kier molecular flexibility index (Phi) is 7.69. The summed E-state index contributed by atoms with van der Waals surface area (Å²) in [5, 5.41) is 2.22. The summed E-state index contributed by atoms with van der Waals surface area (Å²) in [6, 6.07) is 76.1. The predicted molar refractivity (Wildman–Crippen MR) is 242 cm³/mol. The lowest BCUT2D eigenvalue weighted by Crippen LogP contribution is -2.37. The quantitative estimate of drug-likeness (QED) is 0.174. The van der Waals surface area contributed by atoms with Crippen LogP contribution < -0.4 is 9.64 Å². The second kappa shape index (κ2) is 13.4. The first-order valence-corrected chi connectivity index (χ1v) is 20.8. The third-order valence-corrected chi connectivity index (χ3v) is 13.2. The lowest BCUT2D eigenvalue weighted by molar-refractivity contribution is 0.431. The average molecular weight is 774 g/mol. The minimum absolute atomic E-state index is 0.613. The van der Waals surface area contributed by atoms with Gasteiger partial charge in [-0.3, -0.25) is 0 Å². The zero-order valence-corrected chi connectivity index (χ0v) is 32.7. The van der Waals surface area contributed by atoms with E-state index in [1.165, 1.54) is 37.6 Å². The van der Waals surface area contributed by atoms with Gasteiger partial charge in [0.2, 0.25) is 0 Å². The molecule has 278 valence electrons. The number of para-hydroxylation sites is 3. The van der Waals surface area contributed by atoms with E-state index in [9.17, 15) is 0 Å². The van der Waals surface area contributed by atoms with Crippen molar-refractivity contribution in [2.75, 3.05) is 4.90 Å². The van der Waals surface area contributed by atoms with Crippen LogP contribution in [0.1, 0.15) is 22.3 Å². The normalized spacial score (nSPS) is 13.3. The van der Waals surface area contributed by atoms with Crippen molar-refractivity contribution in [1.29, 1.82) is 0 Å². The zero-order valence-electron chi connectivity index (χ0n) is 31.9. The van der Waals surface area contributed by atoms with Gasteiger partial charge in [0.25, 0.3) is 0 Å². The lowest BCUT2D eigenvalue weighted by Gasteiger charge is -2.46. The lowest BCUT2D eigenvalue weighted by atomic mass is 9.63. The monoisotopic (exact) mass is 773 g/mol. The van der Waals surface area contributed by atoms with Crippen LogP contribution in [0.2, 0.25) is 0 Å². The maximum Gasteiger partial charge on any atom is 0.137 e. The number of hydrogen-bond donors (Lipinski definition) is 0. The third-order valence-electron chi connectivity index (χ3n) is 12.0. The molecule has 1 aromatic heterocycles. The molecule has 0 saturated heterocycles. The van der Waals surface area contributed by atoms with Crippen LogP contribution in [-0.4, -0.2) is 0 Å². The molecule has 12 rings (SSSR count). The highest BCUT2D eigenvalue weighted by Crippen LogP contribution is 2.63. The standard InChI is InChI=1S/C55H35NO2S/c1-2-15-36(16-3-1)40-17-4-5-18-41(40)37-29-31-38(32-30-37)56(39-33-34-43-42-19-6-10-25-49(42)57-52(43)35-39)48-24-14-23-47-54(48)59-53-28-13-9-22-46(53)55(47)44-20-7-11-26-50(44)58-51-27-12-8-21-45(51)55/h1-35H. The average Bonchev–Trinajstić information content (AvgIpc) is 3.68. The zero-order chi connectivity index (χ0) is 38.9. The van der Waals surface area contributed by atoms with Gasteiger partial charge in [-0.15, -0.1) is 0 Å². The number of furan rings is 1. The van der Waals surface area contributed by atoms with Crippen molar-refractivity contribution < 1.29 is 9.15 Å². The molecule has 0 N–H and O–H groups in total. The van der Waals surface area contributed by atoms with Gasteiger partial charge in [0.15, 0.2) is 0 Å². The van der Waals surface area contributed by atoms with E-state index in [1.807, 2.05) is 23.9 Å². The van der Waals surface area contributed by atoms with Crippen LogP contribution in [0.25, 0.3) is 44.2 Å². The van der Waals surface area contributed by atoms with Gasteiger partial charge < -0.3 is 14.1 Å². The Morgan fingerprint density at radius 1 is 0.407 bits per heavy atom. The summed E-state index contributed by atoms with van der Waals surface area (Å²) in [7, 11) is 0. The second-order valence-electron chi connectivity index (χ2n) is 15.2. The van der Waals surface area contributed by atoms with E-state index in [0.29, 0.717) is 0 Å². The van der Waals surface area contributed by atoms with Crippen molar-refractivity contribution in [2.24, 2.45) is 0 Å². The van der Waals surface area contributed by atoms with Crippen molar-refractivity contribution in [1.82, 2.24) is 0 Å². The summed E-state index contributed by atoms with van der Waals surface area (Å²) in [5.41, 5.74) is 13.8. The number of ether oxygens (including phenoxy) is 1. The third kappa shape index (κ3) is 5.16. The molecule has 0 atom stereocenters. The Morgan fingerprint density at radius 3 is 1.75 bits per heavy atom. The van der Waals surface area contributed by atoms with Crippen molar-refractivity contribution in [3.8, 4) is 33.8 Å². The molecule has 0 bridgehead atoms. The molecule has 9 aromatic carbocycles. The van der Waals surface area contributed by atoms with Gasteiger partial charge in [-0.25, -0.2) is 0 Å². The highest BCUT2D eigenvalue weighted by Gasteiger charge is 2.50. The second-order valence-corrected chi connectivity index (χ2v) is 16.2. The van der Waals surface area contributed by atoms with Crippen LogP contribution in [0.4, 0.5) is 17.1 Å². The molecule has 0 radical (unpaired) electrons. The van der Waals surface area contributed by atoms with Gasteiger partial charge in [-0.2, -0.15) is 0 Å². The van der Waals surface area contributed by atoms with Crippen molar-refractivity contribution >= 4 is 50.8 Å². The van der Waals surface area contributed by atoms with Gasteiger partial charge in [0.05, 0.1) is 11.1 Å². The minimum atomic E-state index is -0.613. The Labute approximate surface area is 346 Å². The number of anilines is 3. The van der Waals surface area contributed by atoms with E-state index in [0.717, 1.165) is 67.2 Å². The number of fused-ring (bicyclic) bond motifs is 11. The molecule has 2 aliphatic rings. The first kappa shape index (κ1) is 33.8. The van der Waals surface area contributed by atoms with Crippen LogP contribution in [0, 0.1) is 0 Å². The molecule has 3 nitrogen and oxygen atoms in total. The summed E-state index contributed by atoms with van der Waals surface area (Å²) in [6.45, 7) is 0. The molecule has 1 spiro atoms. The molecule has 0 aliphatic carbocycles. The Hall–Kier alpha value is -7.27. The van der Waals surface area contributed by atoms with Crippen LogP contribution in [0.15, 0.2) is 227 Å². The maximum atomic E-state index is 6.67. The largest absolute Gasteiger partial charge is 0.457 e. The van der Waals surface area contributed by atoms with Gasteiger partial charge in [-0.1, -0.05) is 163 Å². The number of benzene rings is 9. The van der Waals surface area contributed by atoms with E-state index in [4.69, 9.17) is 9.15 Å². The highest BCUT2D eigenvalue weighted by atomic mass is 32.2. The molecule has 2 aliphatic heterocycles. The first-order chi connectivity index (χ1) is 29.3.